The van der Waals surface area contributed by atoms with Gasteiger partial charge in [-0.05, 0) is 47.0 Å². The van der Waals surface area contributed by atoms with Crippen molar-refractivity contribution in [3.05, 3.63) is 89.5 Å². The van der Waals surface area contributed by atoms with Crippen LogP contribution in [0.3, 0.4) is 0 Å². The molecule has 44 heavy (non-hydrogen) atoms. The first kappa shape index (κ1) is 30.2. The second-order valence-corrected chi connectivity index (χ2v) is 10.5. The number of methoxy groups -OCH3 is 1. The van der Waals surface area contributed by atoms with Gasteiger partial charge >= 0.3 is 5.97 Å². The molecule has 2 aliphatic heterocycles. The number of carbonyl (C=O) groups excluding carboxylic acids is 5. The van der Waals surface area contributed by atoms with Crippen molar-refractivity contribution in [1.29, 1.82) is 0 Å². The minimum absolute atomic E-state index is 0.0105. The average Bonchev–Trinajstić information content (AvgIpc) is 3.27. The minimum atomic E-state index is -1.49. The van der Waals surface area contributed by atoms with Crippen molar-refractivity contribution < 1.29 is 38.6 Å². The van der Waals surface area contributed by atoms with Crippen LogP contribution < -0.4 is 20.7 Å². The molecule has 228 valence electrons. The smallest absolute Gasteiger partial charge is 0.310 e. The molecule has 0 aromatic heterocycles. The topological polar surface area (TPSA) is 163 Å². The molecule has 0 bridgehead atoms. The number of para-hydroxylation sites is 1. The third kappa shape index (κ3) is 7.04. The number of amides is 4. The number of hydrogen-bond acceptors (Lipinski definition) is 8. The standard InChI is InChI=1S/C32H32N4O8/c1-43-26-9-5-4-8-23(26)30(40)33-16-19-10-13-24(35-29(39)22-12-11-20-6-2-3-7-21(20)14-22)31(41)36(17-19)18-27(37)34-25-15-28(38)44-32(25)42/h2-12,14,24-25,32,42H,13,15-18H2,1H3,(H,33,40)(H,34,37)(H,35,39)/t24-,25-,32?/m0/s1. The summed E-state index contributed by atoms with van der Waals surface area (Å²) < 4.78 is 9.95. The van der Waals surface area contributed by atoms with Gasteiger partial charge in [0, 0.05) is 18.7 Å². The van der Waals surface area contributed by atoms with Crippen LogP contribution in [0.1, 0.15) is 33.6 Å². The summed E-state index contributed by atoms with van der Waals surface area (Å²) in [6, 6.07) is 17.6. The molecule has 4 N–H and O–H groups in total. The molecule has 12 heteroatoms. The molecule has 5 rings (SSSR count). The maximum absolute atomic E-state index is 13.7. The molecule has 2 aliphatic rings. The molecule has 3 aromatic carbocycles. The first-order chi connectivity index (χ1) is 21.2. The Labute approximate surface area is 253 Å². The maximum atomic E-state index is 13.7. The van der Waals surface area contributed by atoms with Crippen molar-refractivity contribution in [1.82, 2.24) is 20.9 Å². The van der Waals surface area contributed by atoms with Crippen LogP contribution in [0.15, 0.2) is 78.4 Å². The lowest BCUT2D eigenvalue weighted by Crippen LogP contribution is -2.52. The van der Waals surface area contributed by atoms with Gasteiger partial charge in [0.15, 0.2) is 0 Å². The van der Waals surface area contributed by atoms with Gasteiger partial charge in [0.2, 0.25) is 18.1 Å². The lowest BCUT2D eigenvalue weighted by Gasteiger charge is -2.26. The van der Waals surface area contributed by atoms with Crippen LogP contribution >= 0.6 is 0 Å². The van der Waals surface area contributed by atoms with Crippen molar-refractivity contribution in [2.75, 3.05) is 26.7 Å². The van der Waals surface area contributed by atoms with Gasteiger partial charge in [0.1, 0.15) is 17.8 Å². The quantitative estimate of drug-likeness (QED) is 0.211. The van der Waals surface area contributed by atoms with Gasteiger partial charge in [0.05, 0.1) is 25.6 Å². The summed E-state index contributed by atoms with van der Waals surface area (Å²) >= 11 is 0. The second-order valence-electron chi connectivity index (χ2n) is 10.5. The van der Waals surface area contributed by atoms with Crippen LogP contribution in [0.5, 0.6) is 5.75 Å². The number of ether oxygens (including phenoxy) is 2. The number of nitrogens with one attached hydrogen (secondary N) is 3. The van der Waals surface area contributed by atoms with E-state index >= 15 is 0 Å². The van der Waals surface area contributed by atoms with E-state index in [-0.39, 0.29) is 31.8 Å². The number of aliphatic hydroxyl groups excluding tert-OH is 1. The SMILES string of the molecule is COc1ccccc1C(=O)NCC1=CC[C@H](NC(=O)c2ccc3ccccc3c2)C(=O)N(CC(=O)N[C@H]2CC(=O)OC2O)C1. The molecule has 1 unspecified atom stereocenters. The zero-order valence-corrected chi connectivity index (χ0v) is 23.9. The zero-order valence-electron chi connectivity index (χ0n) is 23.9. The third-order valence-electron chi connectivity index (χ3n) is 7.45. The Kier molecular flexibility index (Phi) is 9.20. The monoisotopic (exact) mass is 600 g/mol. The molecule has 0 saturated carbocycles. The van der Waals surface area contributed by atoms with Gasteiger partial charge in [-0.25, -0.2) is 0 Å². The van der Waals surface area contributed by atoms with E-state index < -0.39 is 48.6 Å². The molecule has 0 spiro atoms. The van der Waals surface area contributed by atoms with Crippen LogP contribution in [-0.4, -0.2) is 84.7 Å². The highest BCUT2D eigenvalue weighted by molar-refractivity contribution is 6.01. The Hall–Kier alpha value is -5.23. The number of cyclic esters (lactones) is 1. The summed E-state index contributed by atoms with van der Waals surface area (Å²) in [6.07, 6.45) is 0.197. The van der Waals surface area contributed by atoms with E-state index in [9.17, 15) is 29.1 Å². The zero-order chi connectivity index (χ0) is 31.2. The first-order valence-corrected chi connectivity index (χ1v) is 14.1. The lowest BCUT2D eigenvalue weighted by molar-refractivity contribution is -0.155. The fourth-order valence-corrected chi connectivity index (χ4v) is 5.16. The first-order valence-electron chi connectivity index (χ1n) is 14.1. The normalized spacial score (nSPS) is 19.9. The summed E-state index contributed by atoms with van der Waals surface area (Å²) in [5, 5.41) is 19.9. The van der Waals surface area contributed by atoms with E-state index in [0.29, 0.717) is 22.4 Å². The van der Waals surface area contributed by atoms with E-state index in [1.807, 2.05) is 30.3 Å². The van der Waals surface area contributed by atoms with Gasteiger partial charge in [-0.3, -0.25) is 24.0 Å². The molecule has 3 aromatic rings. The number of aliphatic hydroxyl groups is 1. The van der Waals surface area contributed by atoms with Gasteiger partial charge in [-0.15, -0.1) is 0 Å². The molecule has 3 atom stereocenters. The summed E-state index contributed by atoms with van der Waals surface area (Å²) in [5.41, 5.74) is 1.35. The average molecular weight is 601 g/mol. The van der Waals surface area contributed by atoms with Crippen LogP contribution in [0.4, 0.5) is 0 Å². The number of carbonyl (C=O) groups is 5. The molecule has 12 nitrogen and oxygen atoms in total. The Morgan fingerprint density at radius 2 is 1.73 bits per heavy atom. The molecule has 0 aliphatic carbocycles. The number of rotatable bonds is 9. The predicted octanol–water partition coefficient (Wildman–Crippen LogP) is 1.29. The van der Waals surface area contributed by atoms with Gasteiger partial charge in [-0.1, -0.05) is 48.5 Å². The molecule has 4 amide bonds. The number of hydrogen-bond donors (Lipinski definition) is 4. The second kappa shape index (κ2) is 13.4. The Bertz CT molecular complexity index is 1640. The molecular weight excluding hydrogens is 568 g/mol. The van der Waals surface area contributed by atoms with Crippen molar-refractivity contribution in [2.45, 2.75) is 31.2 Å². The molecular formula is C32H32N4O8. The van der Waals surface area contributed by atoms with Gasteiger partial charge in [0.25, 0.3) is 11.8 Å². The Balaban J connectivity index is 1.32. The van der Waals surface area contributed by atoms with Crippen LogP contribution in [0.25, 0.3) is 10.8 Å². The fraction of sp³-hybridized carbons (Fsp3) is 0.281. The van der Waals surface area contributed by atoms with Gasteiger partial charge in [-0.2, -0.15) is 0 Å². The lowest BCUT2D eigenvalue weighted by atomic mass is 10.1. The maximum Gasteiger partial charge on any atom is 0.310 e. The highest BCUT2D eigenvalue weighted by atomic mass is 16.6. The number of fused-ring (bicyclic) bond motifs is 1. The summed E-state index contributed by atoms with van der Waals surface area (Å²) in [5.74, 6) is -2.22. The predicted molar refractivity (Wildman–Crippen MR) is 158 cm³/mol. The number of esters is 1. The van der Waals surface area contributed by atoms with Crippen molar-refractivity contribution in [3.8, 4) is 5.75 Å². The fourth-order valence-electron chi connectivity index (χ4n) is 5.16. The van der Waals surface area contributed by atoms with E-state index in [0.717, 1.165) is 10.8 Å². The van der Waals surface area contributed by atoms with E-state index in [1.165, 1.54) is 12.0 Å². The molecule has 1 fully saturated rings. The van der Waals surface area contributed by atoms with E-state index in [2.05, 4.69) is 20.7 Å². The highest BCUT2D eigenvalue weighted by Gasteiger charge is 2.36. The van der Waals surface area contributed by atoms with Crippen molar-refractivity contribution in [3.63, 3.8) is 0 Å². The summed E-state index contributed by atoms with van der Waals surface area (Å²) in [6.45, 7) is -0.364. The van der Waals surface area contributed by atoms with Crippen LogP contribution in [0, 0.1) is 0 Å². The Morgan fingerprint density at radius 3 is 2.48 bits per heavy atom. The van der Waals surface area contributed by atoms with Gasteiger partial charge < -0.3 is 35.4 Å². The van der Waals surface area contributed by atoms with Crippen LogP contribution in [0.2, 0.25) is 0 Å². The van der Waals surface area contributed by atoms with Crippen molar-refractivity contribution >= 4 is 40.4 Å². The largest absolute Gasteiger partial charge is 0.496 e. The molecule has 0 radical (unpaired) electrons. The van der Waals surface area contributed by atoms with Crippen LogP contribution in [-0.2, 0) is 19.1 Å². The van der Waals surface area contributed by atoms with E-state index in [1.54, 1.807) is 42.5 Å². The molecule has 2 heterocycles. The Morgan fingerprint density at radius 1 is 0.977 bits per heavy atom. The molecule has 1 saturated heterocycles. The minimum Gasteiger partial charge on any atom is -0.496 e. The third-order valence-corrected chi connectivity index (χ3v) is 7.45. The van der Waals surface area contributed by atoms with Crippen molar-refractivity contribution in [2.24, 2.45) is 0 Å². The number of benzene rings is 3. The summed E-state index contributed by atoms with van der Waals surface area (Å²) in [7, 11) is 1.47. The highest BCUT2D eigenvalue weighted by Crippen LogP contribution is 2.19. The van der Waals surface area contributed by atoms with E-state index in [4.69, 9.17) is 4.74 Å². The summed E-state index contributed by atoms with van der Waals surface area (Å²) in [4.78, 5) is 65.5. The number of nitrogens with zero attached hydrogens (tertiary/aromatic N) is 1.